The largest absolute Gasteiger partial charge is 0.395 e. The van der Waals surface area contributed by atoms with Gasteiger partial charge in [0.05, 0.1) is 6.61 Å². The highest BCUT2D eigenvalue weighted by Gasteiger charge is 2.11. The number of unbranched alkanes of at least 4 members (excludes halogenated alkanes) is 1. The molecule has 0 rings (SSSR count). The van der Waals surface area contributed by atoms with E-state index in [9.17, 15) is 0 Å². The third-order valence-electron chi connectivity index (χ3n) is 2.72. The Bertz CT molecular complexity index is 133. The topological polar surface area (TPSA) is 23.5 Å². The highest BCUT2D eigenvalue weighted by atomic mass is 32.1. The van der Waals surface area contributed by atoms with Gasteiger partial charge in [-0.1, -0.05) is 26.7 Å². The van der Waals surface area contributed by atoms with Gasteiger partial charge in [-0.05, 0) is 31.1 Å². The predicted octanol–water partition coefficient (Wildman–Crippen LogP) is 2.43. The second-order valence-electron chi connectivity index (χ2n) is 4.22. The first-order valence-corrected chi connectivity index (χ1v) is 6.85. The number of thiol groups is 1. The first-order valence-electron chi connectivity index (χ1n) is 6.22. The smallest absolute Gasteiger partial charge is 0.0558 e. The van der Waals surface area contributed by atoms with E-state index in [1.807, 2.05) is 0 Å². The van der Waals surface area contributed by atoms with Gasteiger partial charge in [0.1, 0.15) is 0 Å². The highest BCUT2D eigenvalue weighted by Crippen LogP contribution is 2.11. The Balaban J connectivity index is 3.87. The van der Waals surface area contributed by atoms with E-state index in [-0.39, 0.29) is 6.61 Å². The quantitative estimate of drug-likeness (QED) is 0.566. The molecule has 0 fully saturated rings. The van der Waals surface area contributed by atoms with Gasteiger partial charge in [-0.25, -0.2) is 0 Å². The number of aliphatic hydroxyl groups is 1. The molecule has 0 amide bonds. The van der Waals surface area contributed by atoms with Crippen LogP contribution in [-0.4, -0.2) is 42.0 Å². The summed E-state index contributed by atoms with van der Waals surface area (Å²) in [6, 6.07) is 0. The minimum atomic E-state index is 0.273. The zero-order chi connectivity index (χ0) is 11.5. The standard InChI is InChI=1S/C12H27NOS/c1-3-5-7-13(8-9-14)10-12(11-15)6-4-2/h12,14-15H,3-11H2,1-2H3. The molecule has 3 heteroatoms. The van der Waals surface area contributed by atoms with E-state index in [1.54, 1.807) is 0 Å². The molecule has 92 valence electrons. The summed E-state index contributed by atoms with van der Waals surface area (Å²) in [6.07, 6.45) is 4.93. The van der Waals surface area contributed by atoms with Gasteiger partial charge in [0.2, 0.25) is 0 Å². The average molecular weight is 233 g/mol. The van der Waals surface area contributed by atoms with E-state index in [4.69, 9.17) is 5.11 Å². The van der Waals surface area contributed by atoms with E-state index in [2.05, 4.69) is 31.4 Å². The summed E-state index contributed by atoms with van der Waals surface area (Å²) in [6.45, 7) is 7.73. The van der Waals surface area contributed by atoms with Crippen LogP contribution in [0, 0.1) is 5.92 Å². The van der Waals surface area contributed by atoms with Crippen LogP contribution >= 0.6 is 12.6 Å². The van der Waals surface area contributed by atoms with Gasteiger partial charge in [-0.2, -0.15) is 12.6 Å². The van der Waals surface area contributed by atoms with Gasteiger partial charge in [0, 0.05) is 13.1 Å². The molecule has 0 aromatic heterocycles. The van der Waals surface area contributed by atoms with E-state index < -0.39 is 0 Å². The lowest BCUT2D eigenvalue weighted by Crippen LogP contribution is -2.33. The third kappa shape index (κ3) is 8.12. The zero-order valence-corrected chi connectivity index (χ0v) is 11.2. The molecule has 0 heterocycles. The predicted molar refractivity (Wildman–Crippen MR) is 70.7 cm³/mol. The van der Waals surface area contributed by atoms with Crippen LogP contribution in [0.4, 0.5) is 0 Å². The minimum absolute atomic E-state index is 0.273. The molecule has 0 spiro atoms. The Hall–Kier alpha value is 0.270. The third-order valence-corrected chi connectivity index (χ3v) is 3.23. The molecule has 0 aromatic carbocycles. The molecule has 0 bridgehead atoms. The molecule has 2 nitrogen and oxygen atoms in total. The number of rotatable bonds is 10. The second kappa shape index (κ2) is 10.8. The minimum Gasteiger partial charge on any atom is -0.395 e. The zero-order valence-electron chi connectivity index (χ0n) is 10.3. The molecule has 0 aliphatic heterocycles. The number of hydrogen-bond donors (Lipinski definition) is 2. The average Bonchev–Trinajstić information content (AvgIpc) is 2.25. The fourth-order valence-electron chi connectivity index (χ4n) is 1.83. The Morgan fingerprint density at radius 1 is 1.20 bits per heavy atom. The second-order valence-corrected chi connectivity index (χ2v) is 4.58. The van der Waals surface area contributed by atoms with Crippen molar-refractivity contribution in [1.29, 1.82) is 0 Å². The molecule has 1 unspecified atom stereocenters. The van der Waals surface area contributed by atoms with E-state index in [0.29, 0.717) is 5.92 Å². The van der Waals surface area contributed by atoms with Crippen LogP contribution in [0.25, 0.3) is 0 Å². The SMILES string of the molecule is CCCCN(CCO)CC(CS)CCC. The Kier molecular flexibility index (Phi) is 11.0. The molecule has 15 heavy (non-hydrogen) atoms. The first-order chi connectivity index (χ1) is 7.28. The van der Waals surface area contributed by atoms with Gasteiger partial charge < -0.3 is 10.0 Å². The van der Waals surface area contributed by atoms with Crippen molar-refractivity contribution < 1.29 is 5.11 Å². The molecular formula is C12H27NOS. The summed E-state index contributed by atoms with van der Waals surface area (Å²) in [5.41, 5.74) is 0. The maximum Gasteiger partial charge on any atom is 0.0558 e. The molecule has 1 N–H and O–H groups in total. The van der Waals surface area contributed by atoms with Crippen molar-refractivity contribution >= 4 is 12.6 Å². The van der Waals surface area contributed by atoms with Crippen LogP contribution in [0.2, 0.25) is 0 Å². The molecule has 1 atom stereocenters. The van der Waals surface area contributed by atoms with Gasteiger partial charge >= 0.3 is 0 Å². The van der Waals surface area contributed by atoms with Gasteiger partial charge in [-0.3, -0.25) is 0 Å². The van der Waals surface area contributed by atoms with Crippen molar-refractivity contribution in [3.8, 4) is 0 Å². The van der Waals surface area contributed by atoms with Crippen LogP contribution in [0.5, 0.6) is 0 Å². The molecule has 0 aromatic rings. The molecule has 0 aliphatic carbocycles. The normalized spacial score (nSPS) is 13.4. The molecule has 0 radical (unpaired) electrons. The van der Waals surface area contributed by atoms with E-state index in [0.717, 1.165) is 25.4 Å². The van der Waals surface area contributed by atoms with Gasteiger partial charge in [0.15, 0.2) is 0 Å². The van der Waals surface area contributed by atoms with Crippen molar-refractivity contribution in [3.63, 3.8) is 0 Å². The number of aliphatic hydroxyl groups excluding tert-OH is 1. The maximum atomic E-state index is 8.99. The summed E-state index contributed by atoms with van der Waals surface area (Å²) >= 11 is 4.39. The molecule has 0 saturated carbocycles. The fraction of sp³-hybridized carbons (Fsp3) is 1.00. The van der Waals surface area contributed by atoms with Gasteiger partial charge in [-0.15, -0.1) is 0 Å². The number of nitrogens with zero attached hydrogens (tertiary/aromatic N) is 1. The van der Waals surface area contributed by atoms with Crippen LogP contribution in [0.1, 0.15) is 39.5 Å². The lowest BCUT2D eigenvalue weighted by atomic mass is 10.1. The highest BCUT2D eigenvalue weighted by molar-refractivity contribution is 7.80. The monoisotopic (exact) mass is 233 g/mol. The Morgan fingerprint density at radius 3 is 2.40 bits per heavy atom. The van der Waals surface area contributed by atoms with Crippen molar-refractivity contribution in [2.75, 3.05) is 32.0 Å². The van der Waals surface area contributed by atoms with Crippen molar-refractivity contribution in [1.82, 2.24) is 4.90 Å². The van der Waals surface area contributed by atoms with Crippen LogP contribution in [0.3, 0.4) is 0 Å². The van der Waals surface area contributed by atoms with Crippen molar-refractivity contribution in [2.24, 2.45) is 5.92 Å². The molecule has 0 saturated heterocycles. The summed E-state index contributed by atoms with van der Waals surface area (Å²) in [5, 5.41) is 8.99. The first kappa shape index (κ1) is 15.3. The number of hydrogen-bond acceptors (Lipinski definition) is 3. The lowest BCUT2D eigenvalue weighted by molar-refractivity contribution is 0.175. The molecule has 0 aliphatic rings. The maximum absolute atomic E-state index is 8.99. The van der Waals surface area contributed by atoms with E-state index >= 15 is 0 Å². The fourth-order valence-corrected chi connectivity index (χ4v) is 2.13. The van der Waals surface area contributed by atoms with Crippen molar-refractivity contribution in [3.05, 3.63) is 0 Å². The van der Waals surface area contributed by atoms with E-state index in [1.165, 1.54) is 25.7 Å². The summed E-state index contributed by atoms with van der Waals surface area (Å²) in [5.74, 6) is 1.64. The summed E-state index contributed by atoms with van der Waals surface area (Å²) < 4.78 is 0. The van der Waals surface area contributed by atoms with Crippen LogP contribution in [0.15, 0.2) is 0 Å². The van der Waals surface area contributed by atoms with Crippen LogP contribution in [-0.2, 0) is 0 Å². The summed E-state index contributed by atoms with van der Waals surface area (Å²) in [7, 11) is 0. The lowest BCUT2D eigenvalue weighted by Gasteiger charge is -2.25. The van der Waals surface area contributed by atoms with Crippen molar-refractivity contribution in [2.45, 2.75) is 39.5 Å². The van der Waals surface area contributed by atoms with Gasteiger partial charge in [0.25, 0.3) is 0 Å². The molecular weight excluding hydrogens is 206 g/mol. The Morgan fingerprint density at radius 2 is 1.93 bits per heavy atom. The Labute approximate surface area is 100 Å². The van der Waals surface area contributed by atoms with Crippen LogP contribution < -0.4 is 0 Å². The summed E-state index contributed by atoms with van der Waals surface area (Å²) in [4.78, 5) is 2.38.